The van der Waals surface area contributed by atoms with Crippen molar-refractivity contribution >= 4 is 11.7 Å². The van der Waals surface area contributed by atoms with Gasteiger partial charge in [-0.1, -0.05) is 6.92 Å². The van der Waals surface area contributed by atoms with Crippen LogP contribution in [0.4, 0.5) is 5.82 Å². The molecule has 0 radical (unpaired) electrons. The molecule has 1 amide bonds. The third kappa shape index (κ3) is 3.40. The largest absolute Gasteiger partial charge is 0.460 e. The topological polar surface area (TPSA) is 77.9 Å². The van der Waals surface area contributed by atoms with Gasteiger partial charge in [-0.25, -0.2) is 4.68 Å². The van der Waals surface area contributed by atoms with Crippen LogP contribution in [0.15, 0.2) is 41.1 Å². The smallest absolute Gasteiger partial charge is 0.247 e. The number of rotatable bonds is 6. The molecule has 0 aliphatic heterocycles. The SMILES string of the molecule is CC[C@@H](C)n1nccc1NC(=O)Cn1ccc(-c2ccc(C)o2)n1. The van der Waals surface area contributed by atoms with Gasteiger partial charge in [0.05, 0.1) is 12.2 Å². The molecule has 3 rings (SSSR count). The Labute approximate surface area is 140 Å². The summed E-state index contributed by atoms with van der Waals surface area (Å²) in [6, 6.07) is 7.61. The molecule has 24 heavy (non-hydrogen) atoms. The molecule has 0 bridgehead atoms. The van der Waals surface area contributed by atoms with Crippen LogP contribution in [-0.2, 0) is 11.3 Å². The lowest BCUT2D eigenvalue weighted by Gasteiger charge is -2.14. The first-order chi connectivity index (χ1) is 11.6. The van der Waals surface area contributed by atoms with E-state index in [1.54, 1.807) is 23.1 Å². The van der Waals surface area contributed by atoms with E-state index in [0.717, 1.165) is 12.2 Å². The molecule has 1 atom stereocenters. The van der Waals surface area contributed by atoms with Crippen molar-refractivity contribution in [1.29, 1.82) is 0 Å². The van der Waals surface area contributed by atoms with Gasteiger partial charge in [0, 0.05) is 12.3 Å². The van der Waals surface area contributed by atoms with E-state index in [2.05, 4.69) is 29.4 Å². The van der Waals surface area contributed by atoms with Gasteiger partial charge >= 0.3 is 0 Å². The van der Waals surface area contributed by atoms with E-state index in [-0.39, 0.29) is 18.5 Å². The van der Waals surface area contributed by atoms with Gasteiger partial charge in [0.2, 0.25) is 5.91 Å². The molecule has 0 fully saturated rings. The molecule has 126 valence electrons. The fourth-order valence-electron chi connectivity index (χ4n) is 2.42. The van der Waals surface area contributed by atoms with Gasteiger partial charge in [0.15, 0.2) is 5.76 Å². The van der Waals surface area contributed by atoms with Gasteiger partial charge in [0.25, 0.3) is 0 Å². The Morgan fingerprint density at radius 1 is 1.33 bits per heavy atom. The Morgan fingerprint density at radius 2 is 2.17 bits per heavy atom. The number of anilines is 1. The molecular weight excluding hydrogens is 306 g/mol. The van der Waals surface area contributed by atoms with Crippen LogP contribution < -0.4 is 5.32 Å². The first kappa shape index (κ1) is 16.0. The summed E-state index contributed by atoms with van der Waals surface area (Å²) in [6.07, 6.45) is 4.39. The predicted molar refractivity (Wildman–Crippen MR) is 90.5 cm³/mol. The van der Waals surface area contributed by atoms with Gasteiger partial charge in [-0.15, -0.1) is 0 Å². The summed E-state index contributed by atoms with van der Waals surface area (Å²) in [5.74, 6) is 2.07. The van der Waals surface area contributed by atoms with Crippen molar-refractivity contribution in [2.45, 2.75) is 39.8 Å². The van der Waals surface area contributed by atoms with E-state index in [0.29, 0.717) is 17.3 Å². The minimum absolute atomic E-state index is 0.130. The summed E-state index contributed by atoms with van der Waals surface area (Å²) in [4.78, 5) is 12.3. The van der Waals surface area contributed by atoms with E-state index in [1.165, 1.54) is 0 Å². The number of carbonyl (C=O) groups is 1. The first-order valence-corrected chi connectivity index (χ1v) is 8.00. The molecule has 1 N–H and O–H groups in total. The number of nitrogens with one attached hydrogen (secondary N) is 1. The van der Waals surface area contributed by atoms with Crippen molar-refractivity contribution < 1.29 is 9.21 Å². The first-order valence-electron chi connectivity index (χ1n) is 8.00. The maximum Gasteiger partial charge on any atom is 0.247 e. The second-order valence-electron chi connectivity index (χ2n) is 5.78. The molecule has 0 unspecified atom stereocenters. The van der Waals surface area contributed by atoms with Crippen LogP contribution in [0.2, 0.25) is 0 Å². The Morgan fingerprint density at radius 3 is 2.88 bits per heavy atom. The van der Waals surface area contributed by atoms with Gasteiger partial charge in [-0.05, 0) is 38.5 Å². The minimum Gasteiger partial charge on any atom is -0.460 e. The van der Waals surface area contributed by atoms with Crippen molar-refractivity contribution in [3.05, 3.63) is 42.4 Å². The number of nitrogens with zero attached hydrogens (tertiary/aromatic N) is 4. The number of aryl methyl sites for hydroxylation is 1. The molecule has 0 aliphatic carbocycles. The number of amides is 1. The maximum atomic E-state index is 12.3. The zero-order valence-electron chi connectivity index (χ0n) is 14.1. The van der Waals surface area contributed by atoms with Crippen LogP contribution in [0.1, 0.15) is 32.1 Å². The molecule has 0 aliphatic rings. The molecule has 3 aromatic rings. The Balaban J connectivity index is 1.66. The van der Waals surface area contributed by atoms with Crippen LogP contribution in [0.25, 0.3) is 11.5 Å². The highest BCUT2D eigenvalue weighted by Crippen LogP contribution is 2.20. The van der Waals surface area contributed by atoms with Crippen LogP contribution >= 0.6 is 0 Å². The van der Waals surface area contributed by atoms with E-state index >= 15 is 0 Å². The quantitative estimate of drug-likeness (QED) is 0.754. The monoisotopic (exact) mass is 327 g/mol. The summed E-state index contributed by atoms with van der Waals surface area (Å²) in [5.41, 5.74) is 0.709. The van der Waals surface area contributed by atoms with E-state index in [1.807, 2.05) is 29.8 Å². The zero-order valence-corrected chi connectivity index (χ0v) is 14.1. The van der Waals surface area contributed by atoms with Crippen molar-refractivity contribution in [3.8, 4) is 11.5 Å². The van der Waals surface area contributed by atoms with Gasteiger partial charge < -0.3 is 9.73 Å². The normalized spacial score (nSPS) is 12.3. The summed E-state index contributed by atoms with van der Waals surface area (Å²) in [5, 5.41) is 11.5. The minimum atomic E-state index is -0.148. The predicted octanol–water partition coefficient (Wildman–Crippen LogP) is 3.26. The third-order valence-corrected chi connectivity index (χ3v) is 3.89. The average molecular weight is 327 g/mol. The Kier molecular flexibility index (Phi) is 4.50. The number of furan rings is 1. The van der Waals surface area contributed by atoms with E-state index < -0.39 is 0 Å². The standard InChI is InChI=1S/C17H21N5O2/c1-4-12(2)22-16(7-9-18-22)19-17(23)11-21-10-8-14(20-21)15-6-5-13(3)24-15/h5-10,12H,4,11H2,1-3H3,(H,19,23)/t12-/m1/s1. The summed E-state index contributed by atoms with van der Waals surface area (Å²) >= 11 is 0. The summed E-state index contributed by atoms with van der Waals surface area (Å²) < 4.78 is 8.95. The Bertz CT molecular complexity index is 830. The second kappa shape index (κ2) is 6.74. The molecule has 7 heteroatoms. The average Bonchev–Trinajstić information content (AvgIpc) is 3.27. The number of hydrogen-bond acceptors (Lipinski definition) is 4. The summed E-state index contributed by atoms with van der Waals surface area (Å²) in [6.45, 7) is 6.16. The maximum absolute atomic E-state index is 12.3. The van der Waals surface area contributed by atoms with Gasteiger partial charge in [-0.3, -0.25) is 9.48 Å². The molecular formula is C17H21N5O2. The highest BCUT2D eigenvalue weighted by Gasteiger charge is 2.13. The van der Waals surface area contributed by atoms with Crippen LogP contribution in [0.5, 0.6) is 0 Å². The van der Waals surface area contributed by atoms with Gasteiger partial charge in [0.1, 0.15) is 23.8 Å². The molecule has 3 heterocycles. The molecule has 7 nitrogen and oxygen atoms in total. The highest BCUT2D eigenvalue weighted by molar-refractivity contribution is 5.89. The lowest BCUT2D eigenvalue weighted by molar-refractivity contribution is -0.116. The Hall–Kier alpha value is -2.83. The van der Waals surface area contributed by atoms with Crippen molar-refractivity contribution in [3.63, 3.8) is 0 Å². The van der Waals surface area contributed by atoms with Gasteiger partial charge in [-0.2, -0.15) is 10.2 Å². The van der Waals surface area contributed by atoms with Crippen molar-refractivity contribution in [2.75, 3.05) is 5.32 Å². The fraction of sp³-hybridized carbons (Fsp3) is 0.353. The molecule has 0 aromatic carbocycles. The van der Waals surface area contributed by atoms with Crippen molar-refractivity contribution in [2.24, 2.45) is 0 Å². The van der Waals surface area contributed by atoms with E-state index in [4.69, 9.17) is 4.42 Å². The van der Waals surface area contributed by atoms with Crippen LogP contribution in [0.3, 0.4) is 0 Å². The van der Waals surface area contributed by atoms with Crippen molar-refractivity contribution in [1.82, 2.24) is 19.6 Å². The third-order valence-electron chi connectivity index (χ3n) is 3.89. The number of hydrogen-bond donors (Lipinski definition) is 1. The number of carbonyl (C=O) groups excluding carboxylic acids is 1. The second-order valence-corrected chi connectivity index (χ2v) is 5.78. The fourth-order valence-corrected chi connectivity index (χ4v) is 2.42. The molecule has 3 aromatic heterocycles. The lowest BCUT2D eigenvalue weighted by Crippen LogP contribution is -2.22. The van der Waals surface area contributed by atoms with E-state index in [9.17, 15) is 4.79 Å². The highest BCUT2D eigenvalue weighted by atomic mass is 16.3. The van der Waals surface area contributed by atoms with Crippen LogP contribution in [-0.4, -0.2) is 25.5 Å². The zero-order chi connectivity index (χ0) is 17.1. The molecule has 0 saturated carbocycles. The molecule has 0 saturated heterocycles. The lowest BCUT2D eigenvalue weighted by atomic mass is 10.3. The number of aromatic nitrogens is 4. The molecule has 0 spiro atoms. The summed E-state index contributed by atoms with van der Waals surface area (Å²) in [7, 11) is 0. The van der Waals surface area contributed by atoms with Crippen LogP contribution in [0, 0.1) is 6.92 Å².